The molecule has 2 nitrogen and oxygen atoms in total. The van der Waals surface area contributed by atoms with E-state index < -0.39 is 0 Å². The highest BCUT2D eigenvalue weighted by atomic mass is 79.9. The molecule has 0 aliphatic carbocycles. The fourth-order valence-electron chi connectivity index (χ4n) is 2.08. The molecule has 0 unspecified atom stereocenters. The Bertz CT molecular complexity index is 502. The van der Waals surface area contributed by atoms with Gasteiger partial charge in [0.05, 0.1) is 0 Å². The molecular formula is C15H21BrN2. The zero-order valence-corrected chi connectivity index (χ0v) is 12.7. The second-order valence-electron chi connectivity index (χ2n) is 5.14. The molecule has 2 aromatic rings. The smallest absolute Gasteiger partial charge is 0.0481 e. The molecule has 98 valence electrons. The minimum absolute atomic E-state index is 0.780. The molecule has 0 fully saturated rings. The lowest BCUT2D eigenvalue weighted by atomic mass is 10.1. The molecule has 0 saturated carbocycles. The molecule has 0 spiro atoms. The van der Waals surface area contributed by atoms with Crippen molar-refractivity contribution in [1.82, 2.24) is 9.88 Å². The van der Waals surface area contributed by atoms with Crippen LogP contribution in [0.4, 0.5) is 0 Å². The first kappa shape index (κ1) is 13.6. The van der Waals surface area contributed by atoms with Gasteiger partial charge in [0.25, 0.3) is 0 Å². The van der Waals surface area contributed by atoms with Crippen molar-refractivity contribution >= 4 is 26.8 Å². The van der Waals surface area contributed by atoms with Crippen molar-refractivity contribution in [3.63, 3.8) is 0 Å². The maximum atomic E-state index is 3.51. The SMILES string of the molecule is CC(C)CCNCCn1ccc2cc(Br)ccc21. The molecule has 0 saturated heterocycles. The summed E-state index contributed by atoms with van der Waals surface area (Å²) in [5.74, 6) is 0.780. The van der Waals surface area contributed by atoms with E-state index in [4.69, 9.17) is 0 Å². The fraction of sp³-hybridized carbons (Fsp3) is 0.467. The Hall–Kier alpha value is -0.800. The summed E-state index contributed by atoms with van der Waals surface area (Å²) >= 11 is 3.51. The highest BCUT2D eigenvalue weighted by molar-refractivity contribution is 9.10. The van der Waals surface area contributed by atoms with E-state index in [1.54, 1.807) is 0 Å². The van der Waals surface area contributed by atoms with E-state index in [9.17, 15) is 0 Å². The van der Waals surface area contributed by atoms with E-state index >= 15 is 0 Å². The van der Waals surface area contributed by atoms with Crippen LogP contribution in [0.3, 0.4) is 0 Å². The minimum Gasteiger partial charge on any atom is -0.346 e. The Kier molecular flexibility index (Phi) is 4.84. The van der Waals surface area contributed by atoms with Crippen molar-refractivity contribution < 1.29 is 0 Å². The summed E-state index contributed by atoms with van der Waals surface area (Å²) in [6.07, 6.45) is 3.42. The summed E-state index contributed by atoms with van der Waals surface area (Å²) in [4.78, 5) is 0. The molecule has 0 amide bonds. The monoisotopic (exact) mass is 308 g/mol. The van der Waals surface area contributed by atoms with Crippen LogP contribution in [0.1, 0.15) is 20.3 Å². The molecule has 0 bridgehead atoms. The van der Waals surface area contributed by atoms with Gasteiger partial charge in [-0.15, -0.1) is 0 Å². The molecule has 2 rings (SSSR count). The molecule has 18 heavy (non-hydrogen) atoms. The number of aromatic nitrogens is 1. The van der Waals surface area contributed by atoms with Gasteiger partial charge in [-0.05, 0) is 43.1 Å². The predicted octanol–water partition coefficient (Wildman–Crippen LogP) is 4.04. The number of rotatable bonds is 6. The molecule has 1 aromatic carbocycles. The van der Waals surface area contributed by atoms with Crippen LogP contribution in [0.5, 0.6) is 0 Å². The average molecular weight is 309 g/mol. The van der Waals surface area contributed by atoms with Gasteiger partial charge in [-0.1, -0.05) is 29.8 Å². The van der Waals surface area contributed by atoms with Gasteiger partial charge < -0.3 is 9.88 Å². The summed E-state index contributed by atoms with van der Waals surface area (Å²) in [6.45, 7) is 7.70. The Morgan fingerprint density at radius 1 is 1.22 bits per heavy atom. The number of hydrogen-bond acceptors (Lipinski definition) is 1. The van der Waals surface area contributed by atoms with Crippen LogP contribution in [0.2, 0.25) is 0 Å². The molecule has 0 atom stereocenters. The highest BCUT2D eigenvalue weighted by Crippen LogP contribution is 2.20. The van der Waals surface area contributed by atoms with Gasteiger partial charge in [-0.25, -0.2) is 0 Å². The third-order valence-corrected chi connectivity index (χ3v) is 3.65. The largest absolute Gasteiger partial charge is 0.346 e. The second kappa shape index (κ2) is 6.39. The quantitative estimate of drug-likeness (QED) is 0.797. The molecular weight excluding hydrogens is 288 g/mol. The van der Waals surface area contributed by atoms with Crippen LogP contribution in [0.25, 0.3) is 10.9 Å². The number of halogens is 1. The van der Waals surface area contributed by atoms with Crippen molar-refractivity contribution in [2.45, 2.75) is 26.8 Å². The lowest BCUT2D eigenvalue weighted by Gasteiger charge is -2.08. The van der Waals surface area contributed by atoms with Crippen molar-refractivity contribution in [3.8, 4) is 0 Å². The van der Waals surface area contributed by atoms with E-state index in [-0.39, 0.29) is 0 Å². The zero-order chi connectivity index (χ0) is 13.0. The Morgan fingerprint density at radius 3 is 2.83 bits per heavy atom. The Balaban J connectivity index is 1.88. The van der Waals surface area contributed by atoms with E-state index in [0.29, 0.717) is 0 Å². The van der Waals surface area contributed by atoms with E-state index in [0.717, 1.165) is 30.0 Å². The molecule has 1 N–H and O–H groups in total. The van der Waals surface area contributed by atoms with Crippen LogP contribution in [0, 0.1) is 5.92 Å². The summed E-state index contributed by atoms with van der Waals surface area (Å²) in [7, 11) is 0. The topological polar surface area (TPSA) is 17.0 Å². The minimum atomic E-state index is 0.780. The van der Waals surface area contributed by atoms with Crippen molar-refractivity contribution in [1.29, 1.82) is 0 Å². The normalized spacial score (nSPS) is 11.6. The van der Waals surface area contributed by atoms with Gasteiger partial charge in [-0.3, -0.25) is 0 Å². The summed E-state index contributed by atoms with van der Waals surface area (Å²) in [5.41, 5.74) is 1.31. The number of hydrogen-bond donors (Lipinski definition) is 1. The number of fused-ring (bicyclic) bond motifs is 1. The molecule has 0 radical (unpaired) electrons. The van der Waals surface area contributed by atoms with E-state index in [1.165, 1.54) is 17.3 Å². The average Bonchev–Trinajstić information content (AvgIpc) is 2.70. The van der Waals surface area contributed by atoms with Crippen molar-refractivity contribution in [3.05, 3.63) is 34.9 Å². The predicted molar refractivity (Wildman–Crippen MR) is 82.0 cm³/mol. The van der Waals surface area contributed by atoms with Crippen molar-refractivity contribution in [2.75, 3.05) is 13.1 Å². The van der Waals surface area contributed by atoms with Gasteiger partial charge in [0.2, 0.25) is 0 Å². The van der Waals surface area contributed by atoms with Crippen LogP contribution < -0.4 is 5.32 Å². The van der Waals surface area contributed by atoms with E-state index in [2.05, 4.69) is 70.1 Å². The lowest BCUT2D eigenvalue weighted by Crippen LogP contribution is -2.21. The molecule has 3 heteroatoms. The zero-order valence-electron chi connectivity index (χ0n) is 11.1. The Morgan fingerprint density at radius 2 is 2.06 bits per heavy atom. The van der Waals surface area contributed by atoms with Gasteiger partial charge in [0.15, 0.2) is 0 Å². The maximum absolute atomic E-state index is 3.51. The van der Waals surface area contributed by atoms with Gasteiger partial charge in [0.1, 0.15) is 0 Å². The first-order chi connectivity index (χ1) is 8.66. The number of benzene rings is 1. The molecule has 1 aromatic heterocycles. The summed E-state index contributed by atoms with van der Waals surface area (Å²) in [6, 6.07) is 8.62. The van der Waals surface area contributed by atoms with E-state index in [1.807, 2.05) is 0 Å². The van der Waals surface area contributed by atoms with Crippen molar-refractivity contribution in [2.24, 2.45) is 5.92 Å². The number of nitrogens with zero attached hydrogens (tertiary/aromatic N) is 1. The van der Waals surface area contributed by atoms with Crippen LogP contribution in [-0.2, 0) is 6.54 Å². The van der Waals surface area contributed by atoms with Crippen LogP contribution >= 0.6 is 15.9 Å². The molecule has 0 aliphatic heterocycles. The van der Waals surface area contributed by atoms with Crippen LogP contribution in [0.15, 0.2) is 34.9 Å². The van der Waals surface area contributed by atoms with Gasteiger partial charge in [0, 0.05) is 34.7 Å². The summed E-state index contributed by atoms with van der Waals surface area (Å²) < 4.78 is 3.45. The lowest BCUT2D eigenvalue weighted by molar-refractivity contribution is 0.522. The maximum Gasteiger partial charge on any atom is 0.0481 e. The van der Waals surface area contributed by atoms with Gasteiger partial charge >= 0.3 is 0 Å². The first-order valence-corrected chi connectivity index (χ1v) is 7.41. The Labute approximate surface area is 118 Å². The van der Waals surface area contributed by atoms with Gasteiger partial charge in [-0.2, -0.15) is 0 Å². The first-order valence-electron chi connectivity index (χ1n) is 6.62. The summed E-state index contributed by atoms with van der Waals surface area (Å²) in [5, 5.41) is 4.80. The highest BCUT2D eigenvalue weighted by Gasteiger charge is 2.01. The third kappa shape index (κ3) is 3.59. The second-order valence-corrected chi connectivity index (χ2v) is 6.06. The standard InChI is InChI=1S/C15H21BrN2/c1-12(2)5-7-17-8-10-18-9-6-13-11-14(16)3-4-15(13)18/h3-4,6,9,11-12,17H,5,7-8,10H2,1-2H3. The fourth-order valence-corrected chi connectivity index (χ4v) is 2.46. The molecule has 0 aliphatic rings. The third-order valence-electron chi connectivity index (χ3n) is 3.16. The molecule has 1 heterocycles. The number of nitrogens with one attached hydrogen (secondary N) is 1. The van der Waals surface area contributed by atoms with Crippen LogP contribution in [-0.4, -0.2) is 17.7 Å².